The van der Waals surface area contributed by atoms with Crippen LogP contribution in [0.2, 0.25) is 0 Å². The van der Waals surface area contributed by atoms with E-state index in [1.54, 1.807) is 6.08 Å². The van der Waals surface area contributed by atoms with Crippen molar-refractivity contribution in [2.24, 2.45) is 16.8 Å². The van der Waals surface area contributed by atoms with Gasteiger partial charge < -0.3 is 30.6 Å². The molecule has 4 saturated carbocycles. The number of aliphatic hydroxyl groups is 1. The van der Waals surface area contributed by atoms with Crippen LogP contribution in [0, 0.1) is 18.8 Å². The number of nitrogens with one attached hydrogen (secondary N) is 4. The zero-order chi connectivity index (χ0) is 23.3. The second kappa shape index (κ2) is 8.29. The summed E-state index contributed by atoms with van der Waals surface area (Å²) in [5.74, 6) is 0.774. The molecule has 0 radical (unpaired) electrons. The number of aryl methyl sites for hydroxylation is 1. The molecule has 0 amide bonds. The van der Waals surface area contributed by atoms with Crippen LogP contribution in [0.1, 0.15) is 64.0 Å². The van der Waals surface area contributed by atoms with E-state index in [1.165, 1.54) is 6.42 Å². The number of aliphatic imine (C=N–C) groups is 1. The van der Waals surface area contributed by atoms with Crippen molar-refractivity contribution in [3.8, 4) is 0 Å². The maximum absolute atomic E-state index is 11.2. The number of guanidine groups is 1. The summed E-state index contributed by atoms with van der Waals surface area (Å²) in [5, 5.41) is 28.7. The maximum Gasteiger partial charge on any atom is 0.265 e. The first-order chi connectivity index (χ1) is 15.7. The molecule has 5 N–H and O–H groups in total. The summed E-state index contributed by atoms with van der Waals surface area (Å²) in [4.78, 5) is 16.1. The van der Waals surface area contributed by atoms with E-state index in [0.29, 0.717) is 41.6 Å². The number of halogens is 1. The van der Waals surface area contributed by atoms with Gasteiger partial charge >= 0.3 is 0 Å². The summed E-state index contributed by atoms with van der Waals surface area (Å²) in [7, 11) is 0. The van der Waals surface area contributed by atoms with E-state index in [4.69, 9.17) is 21.3 Å². The predicted octanol–water partition coefficient (Wildman–Crippen LogP) is 2.88. The van der Waals surface area contributed by atoms with Crippen molar-refractivity contribution in [1.29, 1.82) is 0 Å². The maximum atomic E-state index is 11.2. The third-order valence-electron chi connectivity index (χ3n) is 7.43. The number of aromatic amines is 1. The average molecular weight is 477 g/mol. The number of aldehydes is 1. The quantitative estimate of drug-likeness (QED) is 0.222. The molecule has 1 aliphatic heterocycles. The number of carbonyl (C=O) groups excluding carboxylic acids is 1. The van der Waals surface area contributed by atoms with E-state index < -0.39 is 11.4 Å². The minimum atomic E-state index is -1.34. The number of anilines is 1. The molecule has 1 aromatic heterocycles. The van der Waals surface area contributed by atoms with E-state index in [9.17, 15) is 9.90 Å². The molecule has 2 heterocycles. The Morgan fingerprint density at radius 1 is 1.33 bits per heavy atom. The highest BCUT2D eigenvalue weighted by Gasteiger charge is 2.57. The fourth-order valence-electron chi connectivity index (χ4n) is 6.70. The zero-order valence-corrected chi connectivity index (χ0v) is 19.9. The van der Waals surface area contributed by atoms with Gasteiger partial charge in [-0.15, -0.1) is 0 Å². The number of ether oxygens (including phenoxy) is 1. The number of nitrogens with zero attached hydrogens (tertiary/aromatic N) is 2. The van der Waals surface area contributed by atoms with Crippen LogP contribution >= 0.6 is 11.6 Å². The van der Waals surface area contributed by atoms with Gasteiger partial charge in [0.05, 0.1) is 11.7 Å². The lowest BCUT2D eigenvalue weighted by atomic mass is 9.51. The molecule has 3 unspecified atom stereocenters. The molecule has 33 heavy (non-hydrogen) atoms. The van der Waals surface area contributed by atoms with Crippen LogP contribution in [0.5, 0.6) is 0 Å². The van der Waals surface area contributed by atoms with Gasteiger partial charge in [-0.2, -0.15) is 10.1 Å². The number of H-pyrrole nitrogens is 1. The summed E-state index contributed by atoms with van der Waals surface area (Å²) in [6, 6.07) is 1.85. The Balaban J connectivity index is 1.45. The number of hydrogen-bond acceptors (Lipinski definition) is 8. The Kier molecular flexibility index (Phi) is 5.69. The fraction of sp³-hybridized carbons (Fsp3) is 0.696. The summed E-state index contributed by atoms with van der Waals surface area (Å²) >= 11 is 6.55. The normalized spacial score (nSPS) is 37.7. The van der Waals surface area contributed by atoms with Crippen LogP contribution in [-0.2, 0) is 9.53 Å². The molecular weight excluding hydrogens is 444 g/mol. The summed E-state index contributed by atoms with van der Waals surface area (Å²) in [5.41, 5.74) is 0.0725. The number of hydrogen-bond donors (Lipinski definition) is 5. The Bertz CT molecular complexity index is 963. The topological polar surface area (TPSA) is 124 Å². The first-order valence-corrected chi connectivity index (χ1v) is 12.3. The zero-order valence-electron chi connectivity index (χ0n) is 19.2. The van der Waals surface area contributed by atoms with Crippen LogP contribution in [0.3, 0.4) is 0 Å². The number of rotatable bonds is 8. The molecule has 4 bridgehead atoms. The fourth-order valence-corrected chi connectivity index (χ4v) is 6.93. The van der Waals surface area contributed by atoms with E-state index in [-0.39, 0.29) is 18.1 Å². The van der Waals surface area contributed by atoms with Gasteiger partial charge in [-0.1, -0.05) is 18.5 Å². The molecule has 0 spiro atoms. The van der Waals surface area contributed by atoms with E-state index in [2.05, 4.69) is 26.1 Å². The molecule has 0 saturated heterocycles. The molecular formula is C23H33ClN6O3. The third-order valence-corrected chi connectivity index (χ3v) is 7.63. The van der Waals surface area contributed by atoms with Gasteiger partial charge in [0.15, 0.2) is 5.82 Å². The van der Waals surface area contributed by atoms with Crippen molar-refractivity contribution < 1.29 is 14.6 Å². The standard InChI is InChI=1S/C23H33ClN6O3/c1-3-17(4-5-31)33-23(26-19-6-14(2)29-30-19)12-18(24)25-20(28-23)27-21-8-15-7-16(9-21)11-22(32,10-15)13-21/h5-6,12,15-17,32H,3-4,7-11,13H2,1-2H3,(H2,25,27,28)(H2,26,29,30)/t15?,16?,17-,21?,22?,23?/m1/s1. The Morgan fingerprint density at radius 3 is 2.70 bits per heavy atom. The van der Waals surface area contributed by atoms with E-state index in [0.717, 1.165) is 37.7 Å². The SMILES string of the molecule is CC[C@H](CC=O)OC1(Nc2cc(C)[nH]n2)C=C(Cl)NC(NC23CC4CC(CC(O)(C4)C2)C3)=N1. The lowest BCUT2D eigenvalue weighted by Crippen LogP contribution is -2.67. The van der Waals surface area contributed by atoms with E-state index >= 15 is 0 Å². The van der Waals surface area contributed by atoms with Crippen molar-refractivity contribution in [2.45, 2.75) is 88.3 Å². The smallest absolute Gasteiger partial charge is 0.265 e. The lowest BCUT2D eigenvalue weighted by Gasteiger charge is -2.60. The van der Waals surface area contributed by atoms with Crippen molar-refractivity contribution in [3.63, 3.8) is 0 Å². The first kappa shape index (κ1) is 22.7. The number of aromatic nitrogens is 2. The Labute approximate surface area is 198 Å². The third kappa shape index (κ3) is 4.63. The summed E-state index contributed by atoms with van der Waals surface area (Å²) in [6.07, 6.45) is 8.76. The second-order valence-corrected chi connectivity index (χ2v) is 10.9. The van der Waals surface area contributed by atoms with E-state index in [1.807, 2.05) is 19.9 Å². The summed E-state index contributed by atoms with van der Waals surface area (Å²) in [6.45, 7) is 3.87. The second-order valence-electron chi connectivity index (χ2n) is 10.5. The van der Waals surface area contributed by atoms with Gasteiger partial charge in [0, 0.05) is 29.8 Å². The van der Waals surface area contributed by atoms with Crippen LogP contribution < -0.4 is 16.0 Å². The van der Waals surface area contributed by atoms with Crippen molar-refractivity contribution in [2.75, 3.05) is 5.32 Å². The molecule has 4 atom stereocenters. The van der Waals surface area contributed by atoms with Gasteiger partial charge in [0.25, 0.3) is 5.85 Å². The highest BCUT2D eigenvalue weighted by molar-refractivity contribution is 6.30. The highest BCUT2D eigenvalue weighted by atomic mass is 35.5. The number of carbonyl (C=O) groups is 1. The van der Waals surface area contributed by atoms with Gasteiger partial charge in [-0.05, 0) is 63.7 Å². The van der Waals surface area contributed by atoms with Gasteiger partial charge in [0.2, 0.25) is 5.96 Å². The molecule has 180 valence electrons. The molecule has 1 aromatic rings. The monoisotopic (exact) mass is 476 g/mol. The molecule has 6 rings (SSSR count). The van der Waals surface area contributed by atoms with Gasteiger partial charge in [-0.3, -0.25) is 5.10 Å². The Hall–Kier alpha value is -2.10. The van der Waals surface area contributed by atoms with Crippen molar-refractivity contribution in [1.82, 2.24) is 20.8 Å². The highest BCUT2D eigenvalue weighted by Crippen LogP contribution is 2.57. The van der Waals surface area contributed by atoms with Crippen LogP contribution in [0.4, 0.5) is 5.82 Å². The molecule has 10 heteroatoms. The van der Waals surface area contributed by atoms with Crippen LogP contribution in [-0.4, -0.2) is 50.6 Å². The largest absolute Gasteiger partial charge is 0.390 e. The molecule has 0 aromatic carbocycles. The van der Waals surface area contributed by atoms with Crippen molar-refractivity contribution >= 4 is 29.7 Å². The molecule has 9 nitrogen and oxygen atoms in total. The first-order valence-electron chi connectivity index (χ1n) is 11.9. The van der Waals surface area contributed by atoms with Gasteiger partial charge in [0.1, 0.15) is 11.4 Å². The molecule has 4 aliphatic carbocycles. The predicted molar refractivity (Wildman–Crippen MR) is 126 cm³/mol. The average Bonchev–Trinajstić information content (AvgIpc) is 3.08. The minimum absolute atomic E-state index is 0.221. The van der Waals surface area contributed by atoms with Crippen LogP contribution in [0.25, 0.3) is 0 Å². The molecule has 5 aliphatic rings. The van der Waals surface area contributed by atoms with Gasteiger partial charge in [-0.25, -0.2) is 0 Å². The molecule has 4 fully saturated rings. The van der Waals surface area contributed by atoms with Crippen molar-refractivity contribution in [3.05, 3.63) is 23.0 Å². The minimum Gasteiger partial charge on any atom is -0.390 e. The van der Waals surface area contributed by atoms with Crippen LogP contribution in [0.15, 0.2) is 22.3 Å². The summed E-state index contributed by atoms with van der Waals surface area (Å²) < 4.78 is 6.35. The lowest BCUT2D eigenvalue weighted by molar-refractivity contribution is -0.138. The Morgan fingerprint density at radius 2 is 2.09 bits per heavy atom.